The van der Waals surface area contributed by atoms with Gasteiger partial charge in [0.25, 0.3) is 5.91 Å². The standard InChI is InChI=1S/C34H33N3O5S2/c38-32-31(44-34(43)37(32)16-3-18-41-28-8-4-23(5-9-28)33(39)40)22-27-21-25(24-6-10-29-26(20-24)12-13-35-29)7-11-30(27)42-19-17-36-14-1-2-15-36/h4-13,20-22,35H,1-3,14-19H2,(H,39,40). The zero-order valence-corrected chi connectivity index (χ0v) is 25.8. The molecule has 10 heteroatoms. The average Bonchev–Trinajstić information content (AvgIpc) is 3.78. The van der Waals surface area contributed by atoms with Crippen molar-refractivity contribution >= 4 is 57.2 Å². The molecule has 0 unspecified atom stereocenters. The highest BCUT2D eigenvalue weighted by atomic mass is 32.2. The first-order valence-corrected chi connectivity index (χ1v) is 16.0. The number of thiocarbonyl (C=S) groups is 1. The first-order chi connectivity index (χ1) is 21.4. The summed E-state index contributed by atoms with van der Waals surface area (Å²) >= 11 is 6.88. The molecule has 1 amide bonds. The van der Waals surface area contributed by atoms with Crippen molar-refractivity contribution < 1.29 is 24.2 Å². The number of H-pyrrole nitrogens is 1. The van der Waals surface area contributed by atoms with Crippen LogP contribution in [-0.4, -0.2) is 75.5 Å². The Morgan fingerprint density at radius 2 is 1.73 bits per heavy atom. The molecule has 4 aromatic rings. The minimum Gasteiger partial charge on any atom is -0.494 e. The highest BCUT2D eigenvalue weighted by molar-refractivity contribution is 8.26. The number of amides is 1. The predicted octanol–water partition coefficient (Wildman–Crippen LogP) is 6.68. The Bertz CT molecular complexity index is 1710. The molecular weight excluding hydrogens is 595 g/mol. The maximum atomic E-state index is 13.5. The van der Waals surface area contributed by atoms with E-state index in [0.29, 0.717) is 41.2 Å². The molecule has 2 N–H and O–H groups in total. The fourth-order valence-corrected chi connectivity index (χ4v) is 6.74. The Morgan fingerprint density at radius 3 is 2.52 bits per heavy atom. The summed E-state index contributed by atoms with van der Waals surface area (Å²) in [7, 11) is 0. The molecule has 3 aromatic carbocycles. The number of nitrogens with zero attached hydrogens (tertiary/aromatic N) is 2. The summed E-state index contributed by atoms with van der Waals surface area (Å²) < 4.78 is 12.5. The van der Waals surface area contributed by atoms with Crippen molar-refractivity contribution in [2.45, 2.75) is 19.3 Å². The van der Waals surface area contributed by atoms with Crippen molar-refractivity contribution in [1.82, 2.24) is 14.8 Å². The highest BCUT2D eigenvalue weighted by Crippen LogP contribution is 2.36. The first kappa shape index (κ1) is 29.9. The van der Waals surface area contributed by atoms with Crippen LogP contribution in [0.2, 0.25) is 0 Å². The molecule has 0 bridgehead atoms. The van der Waals surface area contributed by atoms with Gasteiger partial charge in [0, 0.05) is 30.4 Å². The van der Waals surface area contributed by atoms with Crippen LogP contribution in [0, 0.1) is 0 Å². The predicted molar refractivity (Wildman–Crippen MR) is 178 cm³/mol. The number of nitrogens with one attached hydrogen (secondary N) is 1. The normalized spacial score (nSPS) is 16.4. The Labute approximate surface area is 265 Å². The van der Waals surface area contributed by atoms with Crippen molar-refractivity contribution in [3.8, 4) is 22.6 Å². The maximum Gasteiger partial charge on any atom is 0.335 e. The topological polar surface area (TPSA) is 95.1 Å². The molecule has 226 valence electrons. The van der Waals surface area contributed by atoms with Crippen molar-refractivity contribution in [2.75, 3.05) is 39.4 Å². The lowest BCUT2D eigenvalue weighted by Crippen LogP contribution is -2.29. The number of carboxylic acid groups (broad SMARTS) is 1. The van der Waals surface area contributed by atoms with Crippen LogP contribution < -0.4 is 9.47 Å². The number of aromatic amines is 1. The Balaban J connectivity index is 1.16. The van der Waals surface area contributed by atoms with Gasteiger partial charge < -0.3 is 19.6 Å². The molecule has 0 aliphatic carbocycles. The molecule has 6 rings (SSSR count). The number of hydrogen-bond acceptors (Lipinski definition) is 7. The molecule has 0 radical (unpaired) electrons. The van der Waals surface area contributed by atoms with E-state index >= 15 is 0 Å². The molecule has 44 heavy (non-hydrogen) atoms. The monoisotopic (exact) mass is 627 g/mol. The van der Waals surface area contributed by atoms with Crippen LogP contribution in [-0.2, 0) is 4.79 Å². The summed E-state index contributed by atoms with van der Waals surface area (Å²) in [5.41, 5.74) is 4.25. The smallest absolute Gasteiger partial charge is 0.335 e. The molecule has 3 heterocycles. The van der Waals surface area contributed by atoms with E-state index in [4.69, 9.17) is 26.8 Å². The summed E-state index contributed by atoms with van der Waals surface area (Å²) in [4.78, 5) is 32.3. The van der Waals surface area contributed by atoms with E-state index in [0.717, 1.165) is 53.0 Å². The summed E-state index contributed by atoms with van der Waals surface area (Å²) in [6, 6.07) is 20.8. The van der Waals surface area contributed by atoms with Gasteiger partial charge in [0.2, 0.25) is 0 Å². The number of aromatic carboxylic acids is 1. The molecule has 0 atom stereocenters. The fraction of sp³-hybridized carbons (Fsp3) is 0.265. The first-order valence-electron chi connectivity index (χ1n) is 14.7. The summed E-state index contributed by atoms with van der Waals surface area (Å²) in [6.07, 6.45) is 6.87. The van der Waals surface area contributed by atoms with Crippen molar-refractivity contribution in [3.05, 3.63) is 89.0 Å². The van der Waals surface area contributed by atoms with E-state index in [-0.39, 0.29) is 11.5 Å². The number of benzene rings is 3. The van der Waals surface area contributed by atoms with Gasteiger partial charge in [-0.15, -0.1) is 0 Å². The van der Waals surface area contributed by atoms with E-state index in [1.165, 1.54) is 36.7 Å². The Morgan fingerprint density at radius 1 is 0.955 bits per heavy atom. The zero-order chi connectivity index (χ0) is 30.5. The van der Waals surface area contributed by atoms with Crippen LogP contribution in [0.4, 0.5) is 0 Å². The highest BCUT2D eigenvalue weighted by Gasteiger charge is 2.32. The number of carbonyl (C=O) groups is 2. The minimum absolute atomic E-state index is 0.132. The van der Waals surface area contributed by atoms with E-state index in [1.807, 2.05) is 18.3 Å². The fourth-order valence-electron chi connectivity index (χ4n) is 5.44. The summed E-state index contributed by atoms with van der Waals surface area (Å²) in [6.45, 7) is 4.47. The Kier molecular flexibility index (Phi) is 9.30. The molecule has 8 nitrogen and oxygen atoms in total. The van der Waals surface area contributed by atoms with Crippen LogP contribution >= 0.6 is 24.0 Å². The van der Waals surface area contributed by atoms with Crippen molar-refractivity contribution in [1.29, 1.82) is 0 Å². The number of hydrogen-bond donors (Lipinski definition) is 2. The summed E-state index contributed by atoms with van der Waals surface area (Å²) in [5.74, 6) is 0.203. The number of rotatable bonds is 12. The second-order valence-electron chi connectivity index (χ2n) is 10.8. The SMILES string of the molecule is O=C(O)c1ccc(OCCCN2C(=O)C(=Cc3cc(-c4ccc5[nH]ccc5c4)ccc3OCCN3CCCC3)SC2=S)cc1. The molecule has 0 spiro atoms. The third-order valence-electron chi connectivity index (χ3n) is 7.82. The lowest BCUT2D eigenvalue weighted by Gasteiger charge is -2.17. The van der Waals surface area contributed by atoms with E-state index < -0.39 is 5.97 Å². The molecule has 2 aliphatic heterocycles. The van der Waals surface area contributed by atoms with Crippen molar-refractivity contribution in [3.63, 3.8) is 0 Å². The lowest BCUT2D eigenvalue weighted by molar-refractivity contribution is -0.122. The lowest BCUT2D eigenvalue weighted by atomic mass is 10.0. The number of ether oxygens (including phenoxy) is 2. The van der Waals surface area contributed by atoms with E-state index in [9.17, 15) is 9.59 Å². The van der Waals surface area contributed by atoms with Crippen LogP contribution in [0.5, 0.6) is 11.5 Å². The molecule has 2 aliphatic rings. The van der Waals surface area contributed by atoms with E-state index in [2.05, 4.69) is 46.3 Å². The van der Waals surface area contributed by atoms with Gasteiger partial charge in [0.1, 0.15) is 22.4 Å². The largest absolute Gasteiger partial charge is 0.494 e. The van der Waals surface area contributed by atoms with Crippen LogP contribution in [0.3, 0.4) is 0 Å². The number of likely N-dealkylation sites (tertiary alicyclic amines) is 1. The molecule has 0 saturated carbocycles. The van der Waals surface area contributed by atoms with Gasteiger partial charge in [-0.1, -0.05) is 36.1 Å². The maximum absolute atomic E-state index is 13.5. The number of aromatic nitrogens is 1. The van der Waals surface area contributed by atoms with Gasteiger partial charge in [-0.05, 0) is 110 Å². The van der Waals surface area contributed by atoms with Crippen LogP contribution in [0.15, 0.2) is 77.8 Å². The molecule has 2 saturated heterocycles. The number of carboxylic acids is 1. The average molecular weight is 628 g/mol. The minimum atomic E-state index is -0.982. The van der Waals surface area contributed by atoms with Gasteiger partial charge in [-0.25, -0.2) is 4.79 Å². The third-order valence-corrected chi connectivity index (χ3v) is 9.19. The second-order valence-corrected chi connectivity index (χ2v) is 12.5. The molecule has 1 aromatic heterocycles. The van der Waals surface area contributed by atoms with Gasteiger partial charge in [0.15, 0.2) is 0 Å². The third kappa shape index (κ3) is 6.99. The zero-order valence-electron chi connectivity index (χ0n) is 24.2. The summed E-state index contributed by atoms with van der Waals surface area (Å²) in [5, 5.41) is 10.2. The number of fused-ring (bicyclic) bond motifs is 1. The van der Waals surface area contributed by atoms with Gasteiger partial charge in [-0.2, -0.15) is 0 Å². The second kappa shape index (κ2) is 13.7. The van der Waals surface area contributed by atoms with Crippen LogP contribution in [0.1, 0.15) is 35.2 Å². The number of carbonyl (C=O) groups excluding carboxylic acids is 1. The molecule has 2 fully saturated rings. The van der Waals surface area contributed by atoms with Gasteiger partial charge in [0.05, 0.1) is 17.1 Å². The van der Waals surface area contributed by atoms with Gasteiger partial charge >= 0.3 is 5.97 Å². The quantitative estimate of drug-likeness (QED) is 0.102. The van der Waals surface area contributed by atoms with E-state index in [1.54, 1.807) is 17.0 Å². The van der Waals surface area contributed by atoms with Crippen molar-refractivity contribution in [2.24, 2.45) is 0 Å². The Hall–Kier alpha value is -4.12. The van der Waals surface area contributed by atoms with Gasteiger partial charge in [-0.3, -0.25) is 14.6 Å². The van der Waals surface area contributed by atoms with Crippen LogP contribution in [0.25, 0.3) is 28.1 Å². The number of thioether (sulfide) groups is 1. The molecular formula is C34H33N3O5S2.